The highest BCUT2D eigenvalue weighted by atomic mass is 16.5. The highest BCUT2D eigenvalue weighted by Crippen LogP contribution is 2.30. The summed E-state index contributed by atoms with van der Waals surface area (Å²) in [5.41, 5.74) is 7.11. The van der Waals surface area contributed by atoms with Crippen LogP contribution in [0.1, 0.15) is 52.2 Å². The normalized spacial score (nSPS) is 14.1. The van der Waals surface area contributed by atoms with Gasteiger partial charge in [-0.25, -0.2) is 4.79 Å². The maximum atomic E-state index is 13.7. The van der Waals surface area contributed by atoms with Crippen LogP contribution in [-0.4, -0.2) is 34.4 Å². The number of benzene rings is 3. The largest absolute Gasteiger partial charge is 0.449 e. The zero-order valence-electron chi connectivity index (χ0n) is 22.2. The maximum absolute atomic E-state index is 13.7. The fourth-order valence-corrected chi connectivity index (χ4v) is 5.16. The minimum atomic E-state index is -0.960. The minimum absolute atomic E-state index is 0.347. The lowest BCUT2D eigenvalue weighted by Crippen LogP contribution is -2.34. The van der Waals surface area contributed by atoms with Gasteiger partial charge < -0.3 is 10.1 Å². The van der Waals surface area contributed by atoms with Crippen LogP contribution in [0.5, 0.6) is 0 Å². The van der Waals surface area contributed by atoms with Crippen molar-refractivity contribution in [1.82, 2.24) is 9.88 Å². The number of anilines is 1. The standard InChI is InChI=1S/C32H33N3O3/c1-4-24-14-10-11-21(2)30(24)34-31(36)22(3)38-32(37)29-25-15-8-9-16-27(25)33-28-17-18-35(20-26(28)29)19-23-12-6-5-7-13-23/h5-16,22H,4,17-20H2,1-3H3,(H,34,36). The minimum Gasteiger partial charge on any atom is -0.449 e. The number of pyridine rings is 1. The molecule has 4 aromatic rings. The summed E-state index contributed by atoms with van der Waals surface area (Å²) in [5, 5.41) is 3.73. The lowest BCUT2D eigenvalue weighted by Gasteiger charge is -2.30. The van der Waals surface area contributed by atoms with Gasteiger partial charge in [0.15, 0.2) is 6.10 Å². The number of para-hydroxylation sites is 2. The number of esters is 1. The Morgan fingerprint density at radius 1 is 1.03 bits per heavy atom. The monoisotopic (exact) mass is 507 g/mol. The van der Waals surface area contributed by atoms with Gasteiger partial charge in [-0.15, -0.1) is 0 Å². The molecule has 1 aliphatic heterocycles. The third kappa shape index (κ3) is 5.31. The van der Waals surface area contributed by atoms with E-state index in [1.165, 1.54) is 5.56 Å². The SMILES string of the molecule is CCc1cccc(C)c1NC(=O)C(C)OC(=O)c1c2c(nc3ccccc13)CCN(Cc1ccccc1)C2. The molecule has 0 fully saturated rings. The number of ether oxygens (including phenoxy) is 1. The van der Waals surface area contributed by atoms with Crippen molar-refractivity contribution in [2.24, 2.45) is 0 Å². The van der Waals surface area contributed by atoms with Crippen molar-refractivity contribution in [3.63, 3.8) is 0 Å². The van der Waals surface area contributed by atoms with Crippen molar-refractivity contribution in [1.29, 1.82) is 0 Å². The molecule has 1 aromatic heterocycles. The van der Waals surface area contributed by atoms with Gasteiger partial charge in [-0.1, -0.05) is 73.7 Å². The van der Waals surface area contributed by atoms with Crippen LogP contribution in [0.2, 0.25) is 0 Å². The third-order valence-electron chi connectivity index (χ3n) is 7.22. The molecule has 0 spiro atoms. The molecule has 6 nitrogen and oxygen atoms in total. The van der Waals surface area contributed by atoms with Gasteiger partial charge in [-0.3, -0.25) is 14.7 Å². The number of aryl methyl sites for hydroxylation is 2. The topological polar surface area (TPSA) is 71.5 Å². The molecule has 3 aromatic carbocycles. The summed E-state index contributed by atoms with van der Waals surface area (Å²) in [4.78, 5) is 34.0. The highest BCUT2D eigenvalue weighted by Gasteiger charge is 2.29. The first kappa shape index (κ1) is 25.6. The van der Waals surface area contributed by atoms with E-state index in [0.717, 1.165) is 64.9 Å². The summed E-state index contributed by atoms with van der Waals surface area (Å²) in [6.45, 7) is 7.87. The fraction of sp³-hybridized carbons (Fsp3) is 0.281. The summed E-state index contributed by atoms with van der Waals surface area (Å²) in [7, 11) is 0. The number of hydrogen-bond acceptors (Lipinski definition) is 5. The molecule has 1 amide bonds. The number of fused-ring (bicyclic) bond motifs is 2. The Balaban J connectivity index is 1.41. The van der Waals surface area contributed by atoms with Gasteiger partial charge in [-0.2, -0.15) is 0 Å². The van der Waals surface area contributed by atoms with Crippen LogP contribution in [0.15, 0.2) is 72.8 Å². The lowest BCUT2D eigenvalue weighted by atomic mass is 9.95. The number of aromatic nitrogens is 1. The zero-order chi connectivity index (χ0) is 26.6. The van der Waals surface area contributed by atoms with E-state index in [1.807, 2.05) is 74.5 Å². The predicted octanol–water partition coefficient (Wildman–Crippen LogP) is 5.85. The maximum Gasteiger partial charge on any atom is 0.339 e. The fourth-order valence-electron chi connectivity index (χ4n) is 5.16. The number of nitrogens with zero attached hydrogens (tertiary/aromatic N) is 2. The summed E-state index contributed by atoms with van der Waals surface area (Å²) in [5.74, 6) is -0.843. The van der Waals surface area contributed by atoms with Crippen molar-refractivity contribution in [2.75, 3.05) is 11.9 Å². The number of hydrogen-bond donors (Lipinski definition) is 1. The Kier molecular flexibility index (Phi) is 7.52. The molecule has 6 heteroatoms. The van der Waals surface area contributed by atoms with Crippen molar-refractivity contribution in [3.05, 3.63) is 106 Å². The molecule has 0 radical (unpaired) electrons. The van der Waals surface area contributed by atoms with E-state index in [1.54, 1.807) is 6.92 Å². The molecule has 0 aliphatic carbocycles. The average Bonchev–Trinajstić information content (AvgIpc) is 2.93. The van der Waals surface area contributed by atoms with Gasteiger partial charge in [0.2, 0.25) is 0 Å². The molecule has 2 heterocycles. The lowest BCUT2D eigenvalue weighted by molar-refractivity contribution is -0.123. The molecule has 194 valence electrons. The van der Waals surface area contributed by atoms with Crippen LogP contribution in [0.4, 0.5) is 5.69 Å². The first-order chi connectivity index (χ1) is 18.4. The number of carbonyl (C=O) groups is 2. The molecular weight excluding hydrogens is 474 g/mol. The number of carbonyl (C=O) groups excluding carboxylic acids is 2. The van der Waals surface area contributed by atoms with Gasteiger partial charge in [0.1, 0.15) is 0 Å². The summed E-state index contributed by atoms with van der Waals surface area (Å²) >= 11 is 0. The first-order valence-corrected chi connectivity index (χ1v) is 13.2. The molecule has 38 heavy (non-hydrogen) atoms. The van der Waals surface area contributed by atoms with Crippen LogP contribution in [-0.2, 0) is 35.5 Å². The van der Waals surface area contributed by atoms with Crippen LogP contribution < -0.4 is 5.32 Å². The van der Waals surface area contributed by atoms with E-state index in [4.69, 9.17) is 9.72 Å². The van der Waals surface area contributed by atoms with E-state index >= 15 is 0 Å². The number of amides is 1. The molecule has 1 aliphatic rings. The van der Waals surface area contributed by atoms with E-state index in [2.05, 4.69) is 22.3 Å². The smallest absolute Gasteiger partial charge is 0.339 e. The van der Waals surface area contributed by atoms with E-state index in [-0.39, 0.29) is 5.91 Å². The zero-order valence-corrected chi connectivity index (χ0v) is 22.2. The molecule has 1 unspecified atom stereocenters. The van der Waals surface area contributed by atoms with Gasteiger partial charge in [0.25, 0.3) is 5.91 Å². The highest BCUT2D eigenvalue weighted by molar-refractivity contribution is 6.06. The Hall–Kier alpha value is -4.03. The molecular formula is C32H33N3O3. The predicted molar refractivity (Wildman–Crippen MR) is 150 cm³/mol. The second-order valence-corrected chi connectivity index (χ2v) is 9.87. The van der Waals surface area contributed by atoms with Gasteiger partial charge >= 0.3 is 5.97 Å². The Labute approximate surface area is 223 Å². The average molecular weight is 508 g/mol. The molecule has 5 rings (SSSR count). The molecule has 0 bridgehead atoms. The van der Waals surface area contributed by atoms with Crippen LogP contribution in [0, 0.1) is 6.92 Å². The van der Waals surface area contributed by atoms with Crippen molar-refractivity contribution in [2.45, 2.75) is 52.8 Å². The molecule has 1 atom stereocenters. The van der Waals surface area contributed by atoms with Crippen molar-refractivity contribution < 1.29 is 14.3 Å². The van der Waals surface area contributed by atoms with Gasteiger partial charge in [0.05, 0.1) is 11.1 Å². The van der Waals surface area contributed by atoms with Crippen molar-refractivity contribution in [3.8, 4) is 0 Å². The van der Waals surface area contributed by atoms with Crippen LogP contribution >= 0.6 is 0 Å². The number of nitrogens with one attached hydrogen (secondary N) is 1. The quantitative estimate of drug-likeness (QED) is 0.318. The Bertz CT molecular complexity index is 1480. The molecule has 1 N–H and O–H groups in total. The first-order valence-electron chi connectivity index (χ1n) is 13.2. The summed E-state index contributed by atoms with van der Waals surface area (Å²) < 4.78 is 5.81. The summed E-state index contributed by atoms with van der Waals surface area (Å²) in [6, 6.07) is 23.9. The van der Waals surface area contributed by atoms with Crippen LogP contribution in [0.3, 0.4) is 0 Å². The second-order valence-electron chi connectivity index (χ2n) is 9.87. The van der Waals surface area contributed by atoms with Gasteiger partial charge in [-0.05, 0) is 43.0 Å². The van der Waals surface area contributed by atoms with Gasteiger partial charge in [0, 0.05) is 48.4 Å². The molecule has 0 saturated heterocycles. The van der Waals surface area contributed by atoms with E-state index in [9.17, 15) is 9.59 Å². The number of rotatable bonds is 7. The Morgan fingerprint density at radius 2 is 1.79 bits per heavy atom. The van der Waals surface area contributed by atoms with Crippen molar-refractivity contribution >= 4 is 28.5 Å². The van der Waals surface area contributed by atoms with Crippen LogP contribution in [0.25, 0.3) is 10.9 Å². The second kappa shape index (κ2) is 11.2. The van der Waals surface area contributed by atoms with E-state index < -0.39 is 12.1 Å². The molecule has 0 saturated carbocycles. The third-order valence-corrected chi connectivity index (χ3v) is 7.22. The summed E-state index contributed by atoms with van der Waals surface area (Å²) in [6.07, 6.45) is 0.578. The Morgan fingerprint density at radius 3 is 2.58 bits per heavy atom. The van der Waals surface area contributed by atoms with E-state index in [0.29, 0.717) is 12.1 Å².